The average Bonchev–Trinajstić information content (AvgIpc) is 2.02. The number of alkyl halides is 1. The molecule has 0 heterocycles. The molecule has 0 aliphatic carbocycles. The lowest BCUT2D eigenvalue weighted by Crippen LogP contribution is -2.08. The number of hydrogen-bond donors (Lipinski definition) is 1. The highest BCUT2D eigenvalue weighted by Crippen LogP contribution is 2.19. The van der Waals surface area contributed by atoms with Gasteiger partial charge in [0.25, 0.3) is 0 Å². The van der Waals surface area contributed by atoms with Crippen LogP contribution in [-0.4, -0.2) is 11.1 Å². The van der Waals surface area contributed by atoms with Gasteiger partial charge in [-0.05, 0) is 24.6 Å². The van der Waals surface area contributed by atoms with Gasteiger partial charge in [0, 0.05) is 5.69 Å². The number of nitrogen functional groups attached to an aromatic ring is 1. The lowest BCUT2D eigenvalue weighted by atomic mass is 10.1. The van der Waals surface area contributed by atoms with Crippen LogP contribution in [0.5, 0.6) is 0 Å². The van der Waals surface area contributed by atoms with Crippen molar-refractivity contribution in [2.24, 2.45) is 0 Å². The number of rotatable bonds is 2. The largest absolute Gasteiger partial charge is 0.398 e. The number of carbonyl (C=O) groups is 1. The van der Waals surface area contributed by atoms with Crippen LogP contribution in [0.4, 0.5) is 10.1 Å². The van der Waals surface area contributed by atoms with Gasteiger partial charge in [0.2, 0.25) is 0 Å². The molecule has 0 radical (unpaired) electrons. The predicted molar refractivity (Wildman–Crippen MR) is 53.7 cm³/mol. The zero-order chi connectivity index (χ0) is 10.0. The highest BCUT2D eigenvalue weighted by molar-refractivity contribution is 9.09. The van der Waals surface area contributed by atoms with Gasteiger partial charge in [-0.15, -0.1) is 0 Å². The number of carbonyl (C=O) groups excluding carboxylic acids is 1. The summed E-state index contributed by atoms with van der Waals surface area (Å²) in [7, 11) is 0. The average molecular weight is 246 g/mol. The topological polar surface area (TPSA) is 43.1 Å². The van der Waals surface area contributed by atoms with Crippen molar-refractivity contribution in [1.82, 2.24) is 0 Å². The second kappa shape index (κ2) is 3.87. The van der Waals surface area contributed by atoms with Crippen molar-refractivity contribution >= 4 is 27.4 Å². The Hall–Kier alpha value is -0.900. The van der Waals surface area contributed by atoms with Crippen LogP contribution in [0.15, 0.2) is 12.1 Å². The summed E-state index contributed by atoms with van der Waals surface area (Å²) in [4.78, 5) is 11.2. The highest BCUT2D eigenvalue weighted by Gasteiger charge is 2.14. The number of Topliss-reactive ketones (excluding diaryl/α,β-unsaturated/α-hetero) is 1. The zero-order valence-electron chi connectivity index (χ0n) is 7.10. The van der Waals surface area contributed by atoms with Crippen LogP contribution < -0.4 is 5.73 Å². The van der Waals surface area contributed by atoms with E-state index in [2.05, 4.69) is 15.9 Å². The summed E-state index contributed by atoms with van der Waals surface area (Å²) in [6.45, 7) is 1.72. The van der Waals surface area contributed by atoms with Crippen LogP contribution in [0.3, 0.4) is 0 Å². The van der Waals surface area contributed by atoms with E-state index >= 15 is 0 Å². The third kappa shape index (κ3) is 2.06. The smallest absolute Gasteiger partial charge is 0.178 e. The van der Waals surface area contributed by atoms with Gasteiger partial charge in [0.15, 0.2) is 5.78 Å². The second-order valence-electron chi connectivity index (χ2n) is 2.77. The molecule has 1 aromatic rings. The summed E-state index contributed by atoms with van der Waals surface area (Å²) >= 11 is 2.97. The van der Waals surface area contributed by atoms with Gasteiger partial charge in [-0.2, -0.15) is 0 Å². The summed E-state index contributed by atoms with van der Waals surface area (Å²) in [6.07, 6.45) is 0. The summed E-state index contributed by atoms with van der Waals surface area (Å²) in [5.74, 6) is -0.892. The Bertz CT molecular complexity index is 328. The molecule has 0 unspecified atom stereocenters. The van der Waals surface area contributed by atoms with Crippen LogP contribution in [0.2, 0.25) is 0 Å². The molecule has 0 aromatic heterocycles. The van der Waals surface area contributed by atoms with Crippen molar-refractivity contribution in [3.05, 3.63) is 29.1 Å². The minimum atomic E-state index is -0.554. The fourth-order valence-electron chi connectivity index (χ4n) is 1.13. The number of nitrogens with two attached hydrogens (primary N) is 1. The summed E-state index contributed by atoms with van der Waals surface area (Å²) in [6, 6.07) is 2.88. The van der Waals surface area contributed by atoms with Crippen LogP contribution in [-0.2, 0) is 0 Å². The number of halogens is 2. The Balaban J connectivity index is 3.28. The molecule has 0 aliphatic heterocycles. The molecule has 0 saturated heterocycles. The van der Waals surface area contributed by atoms with Gasteiger partial charge < -0.3 is 5.73 Å². The van der Waals surface area contributed by atoms with Gasteiger partial charge in [-0.25, -0.2) is 4.39 Å². The first kappa shape index (κ1) is 10.2. The minimum Gasteiger partial charge on any atom is -0.398 e. The Labute approximate surface area is 84.1 Å². The van der Waals surface area contributed by atoms with Crippen molar-refractivity contribution < 1.29 is 9.18 Å². The Kier molecular flexibility index (Phi) is 3.03. The number of benzene rings is 1. The summed E-state index contributed by atoms with van der Waals surface area (Å²) in [5, 5.41) is 0.0805. The van der Waals surface area contributed by atoms with Crippen molar-refractivity contribution in [2.45, 2.75) is 6.92 Å². The zero-order valence-corrected chi connectivity index (χ0v) is 8.69. The molecular formula is C9H9BrFNO. The second-order valence-corrected chi connectivity index (χ2v) is 3.33. The molecule has 0 fully saturated rings. The fraction of sp³-hybridized carbons (Fsp3) is 0.222. The molecular weight excluding hydrogens is 237 g/mol. The molecule has 0 saturated carbocycles. The number of anilines is 1. The highest BCUT2D eigenvalue weighted by atomic mass is 79.9. The standard InChI is InChI=1S/C9H9BrFNO/c1-5-2-6(11)9(7(12)3-5)8(13)4-10/h2-3H,4,12H2,1H3. The molecule has 0 atom stereocenters. The maximum atomic E-state index is 13.2. The van der Waals surface area contributed by atoms with Gasteiger partial charge in [0.05, 0.1) is 10.9 Å². The van der Waals surface area contributed by atoms with E-state index in [4.69, 9.17) is 5.73 Å². The quantitative estimate of drug-likeness (QED) is 0.494. The first-order valence-electron chi connectivity index (χ1n) is 3.71. The minimum absolute atomic E-state index is 0.0255. The lowest BCUT2D eigenvalue weighted by molar-refractivity contribution is 0.102. The fourth-order valence-corrected chi connectivity index (χ4v) is 1.41. The van der Waals surface area contributed by atoms with Crippen molar-refractivity contribution in [1.29, 1.82) is 0 Å². The van der Waals surface area contributed by atoms with E-state index in [1.165, 1.54) is 6.07 Å². The van der Waals surface area contributed by atoms with Crippen molar-refractivity contribution in [3.8, 4) is 0 Å². The van der Waals surface area contributed by atoms with Crippen LogP contribution >= 0.6 is 15.9 Å². The summed E-state index contributed by atoms with van der Waals surface area (Å²) < 4.78 is 13.2. The first-order valence-corrected chi connectivity index (χ1v) is 4.83. The van der Waals surface area contributed by atoms with E-state index in [0.29, 0.717) is 5.56 Å². The van der Waals surface area contributed by atoms with E-state index in [9.17, 15) is 9.18 Å². The van der Waals surface area contributed by atoms with E-state index in [0.717, 1.165) is 0 Å². The van der Waals surface area contributed by atoms with Crippen LogP contribution in [0.1, 0.15) is 15.9 Å². The Morgan fingerprint density at radius 3 is 2.69 bits per heavy atom. The molecule has 4 heteroatoms. The van der Waals surface area contributed by atoms with Gasteiger partial charge >= 0.3 is 0 Å². The molecule has 0 bridgehead atoms. The summed E-state index contributed by atoms with van der Waals surface area (Å²) in [5.41, 5.74) is 6.40. The third-order valence-corrected chi connectivity index (χ3v) is 2.17. The molecule has 0 aliphatic rings. The third-order valence-electron chi connectivity index (χ3n) is 1.67. The van der Waals surface area contributed by atoms with Gasteiger partial charge in [-0.1, -0.05) is 15.9 Å². The number of aryl methyl sites for hydroxylation is 1. The normalized spacial score (nSPS) is 10.1. The van der Waals surface area contributed by atoms with Gasteiger partial charge in [0.1, 0.15) is 5.82 Å². The van der Waals surface area contributed by atoms with Crippen LogP contribution in [0, 0.1) is 12.7 Å². The number of hydrogen-bond acceptors (Lipinski definition) is 2. The van der Waals surface area contributed by atoms with E-state index in [1.807, 2.05) is 0 Å². The molecule has 0 amide bonds. The molecule has 13 heavy (non-hydrogen) atoms. The molecule has 0 spiro atoms. The molecule has 1 aromatic carbocycles. The monoisotopic (exact) mass is 245 g/mol. The predicted octanol–water partition coefficient (Wildman–Crippen LogP) is 2.29. The maximum Gasteiger partial charge on any atom is 0.178 e. The molecule has 2 N–H and O–H groups in total. The van der Waals surface area contributed by atoms with E-state index in [-0.39, 0.29) is 22.4 Å². The first-order chi connectivity index (χ1) is 6.06. The van der Waals surface area contributed by atoms with Crippen molar-refractivity contribution in [3.63, 3.8) is 0 Å². The lowest BCUT2D eigenvalue weighted by Gasteiger charge is -2.05. The van der Waals surface area contributed by atoms with E-state index in [1.54, 1.807) is 13.0 Å². The number of ketones is 1. The van der Waals surface area contributed by atoms with Crippen LogP contribution in [0.25, 0.3) is 0 Å². The maximum absolute atomic E-state index is 13.2. The van der Waals surface area contributed by atoms with Gasteiger partial charge in [-0.3, -0.25) is 4.79 Å². The molecule has 2 nitrogen and oxygen atoms in total. The molecule has 70 valence electrons. The SMILES string of the molecule is Cc1cc(N)c(C(=O)CBr)c(F)c1. The Morgan fingerprint density at radius 1 is 1.62 bits per heavy atom. The molecule has 1 rings (SSSR count). The van der Waals surface area contributed by atoms with E-state index < -0.39 is 5.82 Å². The van der Waals surface area contributed by atoms with Crippen molar-refractivity contribution in [2.75, 3.05) is 11.1 Å². The Morgan fingerprint density at radius 2 is 2.23 bits per heavy atom.